The van der Waals surface area contributed by atoms with Crippen LogP contribution in [0.15, 0.2) is 0 Å². The van der Waals surface area contributed by atoms with E-state index in [9.17, 15) is 8.42 Å². The zero-order valence-electron chi connectivity index (χ0n) is 13.6. The molecule has 1 aliphatic heterocycles. The molecule has 0 aromatic heterocycles. The van der Waals surface area contributed by atoms with E-state index < -0.39 is 10.0 Å². The van der Waals surface area contributed by atoms with E-state index >= 15 is 0 Å². The van der Waals surface area contributed by atoms with Crippen LogP contribution >= 0.6 is 0 Å². The van der Waals surface area contributed by atoms with Gasteiger partial charge in [0, 0.05) is 38.8 Å². The van der Waals surface area contributed by atoms with Crippen molar-refractivity contribution in [3.05, 3.63) is 0 Å². The minimum Gasteiger partial charge on any atom is -0.312 e. The van der Waals surface area contributed by atoms with Gasteiger partial charge in [-0.25, -0.2) is 8.42 Å². The second kappa shape index (κ2) is 7.20. The van der Waals surface area contributed by atoms with Gasteiger partial charge >= 0.3 is 0 Å². The molecule has 0 radical (unpaired) electrons. The highest BCUT2D eigenvalue weighted by molar-refractivity contribution is 7.88. The third-order valence-electron chi connectivity index (χ3n) is 3.93. The molecule has 0 aromatic rings. The van der Waals surface area contributed by atoms with Gasteiger partial charge in [-0.3, -0.25) is 4.90 Å². The van der Waals surface area contributed by atoms with Crippen molar-refractivity contribution >= 4 is 10.0 Å². The fourth-order valence-electron chi connectivity index (χ4n) is 2.47. The van der Waals surface area contributed by atoms with E-state index in [2.05, 4.69) is 37.9 Å². The lowest BCUT2D eigenvalue weighted by molar-refractivity contribution is 0.136. The maximum atomic E-state index is 11.5. The third kappa shape index (κ3) is 5.68. The Morgan fingerprint density at radius 2 is 1.70 bits per heavy atom. The second-order valence-electron chi connectivity index (χ2n) is 6.84. The summed E-state index contributed by atoms with van der Waals surface area (Å²) < 4.78 is 24.6. The molecule has 1 saturated heterocycles. The smallest absolute Gasteiger partial charge is 0.211 e. The Hall–Kier alpha value is -0.170. The molecule has 1 aliphatic rings. The molecule has 1 rings (SSSR count). The van der Waals surface area contributed by atoms with Crippen molar-refractivity contribution in [1.29, 1.82) is 0 Å². The Bertz CT molecular complexity index is 382. The van der Waals surface area contributed by atoms with Crippen LogP contribution in [-0.2, 0) is 10.0 Å². The van der Waals surface area contributed by atoms with Gasteiger partial charge in [0.25, 0.3) is 0 Å². The molecule has 1 heterocycles. The second-order valence-corrected chi connectivity index (χ2v) is 8.82. The van der Waals surface area contributed by atoms with Crippen LogP contribution in [0.2, 0.25) is 0 Å². The van der Waals surface area contributed by atoms with Crippen LogP contribution in [0.4, 0.5) is 0 Å². The Balaban J connectivity index is 2.51. The van der Waals surface area contributed by atoms with Gasteiger partial charge in [-0.1, -0.05) is 27.7 Å². The van der Waals surface area contributed by atoms with E-state index in [1.807, 2.05) is 0 Å². The highest BCUT2D eigenvalue weighted by Crippen LogP contribution is 2.21. The van der Waals surface area contributed by atoms with E-state index in [1.54, 1.807) is 4.31 Å². The molecule has 0 spiro atoms. The monoisotopic (exact) mass is 305 g/mol. The molecule has 0 aromatic carbocycles. The molecule has 5 nitrogen and oxygen atoms in total. The van der Waals surface area contributed by atoms with Crippen molar-refractivity contribution in [2.24, 2.45) is 5.41 Å². The number of rotatable bonds is 6. The van der Waals surface area contributed by atoms with Gasteiger partial charge in [0.1, 0.15) is 0 Å². The molecule has 6 heteroatoms. The van der Waals surface area contributed by atoms with Gasteiger partial charge in [-0.05, 0) is 18.4 Å². The van der Waals surface area contributed by atoms with Crippen molar-refractivity contribution in [1.82, 2.24) is 14.5 Å². The summed E-state index contributed by atoms with van der Waals surface area (Å²) in [4.78, 5) is 2.38. The minimum absolute atomic E-state index is 0.211. The molecule has 1 N–H and O–H groups in total. The van der Waals surface area contributed by atoms with Crippen molar-refractivity contribution in [2.45, 2.75) is 40.2 Å². The number of sulfonamides is 1. The number of hydrogen-bond acceptors (Lipinski definition) is 4. The first-order chi connectivity index (χ1) is 9.14. The van der Waals surface area contributed by atoms with E-state index in [1.165, 1.54) is 6.26 Å². The van der Waals surface area contributed by atoms with Crippen LogP contribution in [-0.4, -0.2) is 69.2 Å². The number of hydrogen-bond donors (Lipinski definition) is 1. The van der Waals surface area contributed by atoms with Gasteiger partial charge in [-0.15, -0.1) is 0 Å². The standard InChI is InChI=1S/C14H31N3O2S/c1-6-7-15-13(14(2,3)4)12-16-8-10-17(11-9-16)20(5,18)19/h13,15H,6-12H2,1-5H3. The lowest BCUT2D eigenvalue weighted by Gasteiger charge is -2.39. The average molecular weight is 305 g/mol. The van der Waals surface area contributed by atoms with Crippen LogP contribution < -0.4 is 5.32 Å². The molecular formula is C14H31N3O2S. The predicted molar refractivity (Wildman–Crippen MR) is 84.4 cm³/mol. The van der Waals surface area contributed by atoms with Crippen LogP contribution in [0.1, 0.15) is 34.1 Å². The van der Waals surface area contributed by atoms with E-state index in [4.69, 9.17) is 0 Å². The average Bonchev–Trinajstić information content (AvgIpc) is 2.32. The van der Waals surface area contributed by atoms with Gasteiger partial charge in [-0.2, -0.15) is 4.31 Å². The summed E-state index contributed by atoms with van der Waals surface area (Å²) in [5, 5.41) is 3.62. The SMILES string of the molecule is CCCNC(CN1CCN(S(C)(=O)=O)CC1)C(C)(C)C. The Labute approximate surface area is 124 Å². The molecule has 120 valence electrons. The quantitative estimate of drug-likeness (QED) is 0.795. The van der Waals surface area contributed by atoms with Gasteiger partial charge in [0.2, 0.25) is 10.0 Å². The molecule has 1 atom stereocenters. The zero-order chi connectivity index (χ0) is 15.4. The number of nitrogens with one attached hydrogen (secondary N) is 1. The topological polar surface area (TPSA) is 52.6 Å². The first-order valence-electron chi connectivity index (χ1n) is 7.55. The summed E-state index contributed by atoms with van der Waals surface area (Å²) in [6, 6.07) is 0.437. The largest absolute Gasteiger partial charge is 0.312 e. The Morgan fingerprint density at radius 1 is 1.15 bits per heavy atom. The van der Waals surface area contributed by atoms with Crippen LogP contribution in [0.3, 0.4) is 0 Å². The fourth-order valence-corrected chi connectivity index (χ4v) is 3.29. The summed E-state index contributed by atoms with van der Waals surface area (Å²) in [6.07, 6.45) is 2.43. The minimum atomic E-state index is -3.03. The normalized spacial score (nSPS) is 21.1. The molecule has 0 amide bonds. The summed E-state index contributed by atoms with van der Waals surface area (Å²) in [7, 11) is -3.03. The summed E-state index contributed by atoms with van der Waals surface area (Å²) in [5.74, 6) is 0. The van der Waals surface area contributed by atoms with Crippen molar-refractivity contribution < 1.29 is 8.42 Å². The number of nitrogens with zero attached hydrogens (tertiary/aromatic N) is 2. The van der Waals surface area contributed by atoms with Crippen molar-refractivity contribution in [2.75, 3.05) is 45.5 Å². The summed E-state index contributed by atoms with van der Waals surface area (Å²) in [5.41, 5.74) is 0.211. The van der Waals surface area contributed by atoms with Gasteiger partial charge < -0.3 is 5.32 Å². The van der Waals surface area contributed by atoms with E-state index in [0.717, 1.165) is 32.6 Å². The molecule has 0 bridgehead atoms. The molecular weight excluding hydrogens is 274 g/mol. The lowest BCUT2D eigenvalue weighted by atomic mass is 9.86. The van der Waals surface area contributed by atoms with E-state index in [-0.39, 0.29) is 5.41 Å². The first kappa shape index (κ1) is 17.9. The van der Waals surface area contributed by atoms with Crippen molar-refractivity contribution in [3.63, 3.8) is 0 Å². The summed E-state index contributed by atoms with van der Waals surface area (Å²) >= 11 is 0. The van der Waals surface area contributed by atoms with Crippen LogP contribution in [0.25, 0.3) is 0 Å². The highest BCUT2D eigenvalue weighted by Gasteiger charge is 2.29. The van der Waals surface area contributed by atoms with Crippen molar-refractivity contribution in [3.8, 4) is 0 Å². The third-order valence-corrected chi connectivity index (χ3v) is 5.23. The lowest BCUT2D eigenvalue weighted by Crippen LogP contribution is -2.54. The highest BCUT2D eigenvalue weighted by atomic mass is 32.2. The summed E-state index contributed by atoms with van der Waals surface area (Å²) in [6.45, 7) is 13.9. The maximum absolute atomic E-state index is 11.5. The Morgan fingerprint density at radius 3 is 2.10 bits per heavy atom. The fraction of sp³-hybridized carbons (Fsp3) is 1.00. The van der Waals surface area contributed by atoms with E-state index in [0.29, 0.717) is 19.1 Å². The molecule has 1 fully saturated rings. The molecule has 0 saturated carbocycles. The molecule has 0 aliphatic carbocycles. The maximum Gasteiger partial charge on any atom is 0.211 e. The van der Waals surface area contributed by atoms with Crippen LogP contribution in [0, 0.1) is 5.41 Å². The number of piperazine rings is 1. The van der Waals surface area contributed by atoms with Gasteiger partial charge in [0.15, 0.2) is 0 Å². The predicted octanol–water partition coefficient (Wildman–Crippen LogP) is 0.978. The Kier molecular flexibility index (Phi) is 6.44. The molecule has 1 unspecified atom stereocenters. The molecule has 20 heavy (non-hydrogen) atoms. The zero-order valence-corrected chi connectivity index (χ0v) is 14.5. The first-order valence-corrected chi connectivity index (χ1v) is 9.40. The van der Waals surface area contributed by atoms with Crippen LogP contribution in [0.5, 0.6) is 0 Å². The van der Waals surface area contributed by atoms with Gasteiger partial charge in [0.05, 0.1) is 6.26 Å².